The third-order valence-corrected chi connectivity index (χ3v) is 5.83. The van der Waals surface area contributed by atoms with E-state index in [1.807, 2.05) is 66.7 Å². The van der Waals surface area contributed by atoms with Crippen LogP contribution in [-0.4, -0.2) is 4.89 Å². The number of benzene rings is 3. The minimum absolute atomic E-state index is 0.442. The van der Waals surface area contributed by atoms with E-state index in [-0.39, 0.29) is 0 Å². The van der Waals surface area contributed by atoms with Crippen molar-refractivity contribution in [1.29, 1.82) is 0 Å². The van der Waals surface area contributed by atoms with Crippen LogP contribution in [0.25, 0.3) is 0 Å². The maximum absolute atomic E-state index is 13.2. The molecule has 3 rings (SSSR count). The minimum atomic E-state index is -3.65. The lowest BCUT2D eigenvalue weighted by atomic mass is 10.2. The fourth-order valence-electron chi connectivity index (χ4n) is 2.49. The average Bonchev–Trinajstić information content (AvgIpc) is 2.62. The van der Waals surface area contributed by atoms with Crippen LogP contribution in [0.2, 0.25) is 0 Å². The van der Waals surface area contributed by atoms with E-state index >= 15 is 0 Å². The van der Waals surface area contributed by atoms with Crippen LogP contribution in [0.4, 0.5) is 5.69 Å². The molecule has 23 heavy (non-hydrogen) atoms. The van der Waals surface area contributed by atoms with E-state index < -0.39 is 13.2 Å². The van der Waals surface area contributed by atoms with Gasteiger partial charge in [0, 0.05) is 11.0 Å². The molecule has 0 aliphatic carbocycles. The number of para-hydroxylation sites is 1. The summed E-state index contributed by atoms with van der Waals surface area (Å²) in [6, 6.07) is 27.7. The highest BCUT2D eigenvalue weighted by Gasteiger charge is 2.34. The van der Waals surface area contributed by atoms with Gasteiger partial charge in [0.2, 0.25) is 0 Å². The summed E-state index contributed by atoms with van der Waals surface area (Å²) < 4.78 is 13.2. The molecule has 0 saturated heterocycles. The van der Waals surface area contributed by atoms with Crippen molar-refractivity contribution in [3.05, 3.63) is 96.6 Å². The van der Waals surface area contributed by atoms with E-state index in [0.717, 1.165) is 11.3 Å². The molecule has 0 amide bonds. The molecule has 0 spiro atoms. The number of hydrogen-bond donors (Lipinski definition) is 2. The predicted molar refractivity (Wildman–Crippen MR) is 95.1 cm³/mol. The number of hydrogen-bond acceptors (Lipinski definition) is 2. The van der Waals surface area contributed by atoms with E-state index in [2.05, 4.69) is 5.32 Å². The van der Waals surface area contributed by atoms with Gasteiger partial charge in [0.05, 0.1) is 0 Å². The summed E-state index contributed by atoms with van der Waals surface area (Å²) in [5.74, 6) is -0.700. The monoisotopic (exact) mass is 323 g/mol. The molecule has 0 aromatic heterocycles. The van der Waals surface area contributed by atoms with Gasteiger partial charge in [-0.05, 0) is 29.8 Å². The van der Waals surface area contributed by atoms with Crippen molar-refractivity contribution in [3.63, 3.8) is 0 Å². The first-order valence-electron chi connectivity index (χ1n) is 7.42. The highest BCUT2D eigenvalue weighted by Crippen LogP contribution is 2.54. The van der Waals surface area contributed by atoms with Gasteiger partial charge in [-0.2, -0.15) is 0 Å². The first kappa shape index (κ1) is 15.5. The van der Waals surface area contributed by atoms with Crippen LogP contribution in [0.15, 0.2) is 91.0 Å². The molecular weight excluding hydrogens is 305 g/mol. The summed E-state index contributed by atoms with van der Waals surface area (Å²) in [5, 5.41) is 3.66. The van der Waals surface area contributed by atoms with Gasteiger partial charge < -0.3 is 10.2 Å². The highest BCUT2D eigenvalue weighted by atomic mass is 31.2. The van der Waals surface area contributed by atoms with Gasteiger partial charge in [-0.3, -0.25) is 4.57 Å². The minimum Gasteiger partial charge on any atom is -0.370 e. The molecule has 3 aromatic carbocycles. The smallest absolute Gasteiger partial charge is 0.255 e. The molecule has 0 aliphatic rings. The Morgan fingerprint density at radius 1 is 0.739 bits per heavy atom. The Morgan fingerprint density at radius 3 is 1.78 bits per heavy atom. The zero-order valence-corrected chi connectivity index (χ0v) is 13.4. The standard InChI is InChI=1S/C19H18NO2P/c21-23(22,18-14-8-3-9-15-18)19(16-10-4-1-5-11-16)20-17-12-6-2-7-13-17/h1-15,19-20H,(H,21,22). The summed E-state index contributed by atoms with van der Waals surface area (Å²) in [5.41, 5.74) is 1.59. The van der Waals surface area contributed by atoms with Crippen LogP contribution in [-0.2, 0) is 4.57 Å². The first-order valence-corrected chi connectivity index (χ1v) is 9.15. The van der Waals surface area contributed by atoms with Crippen LogP contribution in [0.3, 0.4) is 0 Å². The van der Waals surface area contributed by atoms with Crippen molar-refractivity contribution in [2.75, 3.05) is 5.32 Å². The van der Waals surface area contributed by atoms with Gasteiger partial charge in [0.1, 0.15) is 5.78 Å². The topological polar surface area (TPSA) is 49.3 Å². The Hall–Kier alpha value is -2.35. The van der Waals surface area contributed by atoms with Gasteiger partial charge >= 0.3 is 0 Å². The van der Waals surface area contributed by atoms with Crippen molar-refractivity contribution in [2.45, 2.75) is 5.78 Å². The molecule has 2 atom stereocenters. The Labute approximate surface area is 136 Å². The van der Waals surface area contributed by atoms with Gasteiger partial charge in [-0.15, -0.1) is 0 Å². The molecule has 0 bridgehead atoms. The molecule has 116 valence electrons. The van der Waals surface area contributed by atoms with E-state index in [0.29, 0.717) is 5.30 Å². The Kier molecular flexibility index (Phi) is 4.61. The predicted octanol–water partition coefficient (Wildman–Crippen LogP) is 4.39. The van der Waals surface area contributed by atoms with Crippen molar-refractivity contribution in [1.82, 2.24) is 0 Å². The summed E-state index contributed by atoms with van der Waals surface area (Å²) in [6.45, 7) is 0. The normalized spacial score (nSPS) is 14.7. The molecule has 0 saturated carbocycles. The number of nitrogens with one attached hydrogen (secondary N) is 1. The molecule has 0 radical (unpaired) electrons. The maximum atomic E-state index is 13.2. The lowest BCUT2D eigenvalue weighted by molar-refractivity contribution is 0.480. The van der Waals surface area contributed by atoms with Crippen LogP contribution in [0.1, 0.15) is 11.3 Å². The van der Waals surface area contributed by atoms with E-state index in [1.54, 1.807) is 24.3 Å². The van der Waals surface area contributed by atoms with E-state index in [9.17, 15) is 9.46 Å². The van der Waals surface area contributed by atoms with Gasteiger partial charge in [-0.25, -0.2) is 0 Å². The third-order valence-electron chi connectivity index (χ3n) is 3.67. The molecule has 2 unspecified atom stereocenters. The second kappa shape index (κ2) is 6.82. The largest absolute Gasteiger partial charge is 0.370 e. The van der Waals surface area contributed by atoms with Crippen molar-refractivity contribution >= 4 is 18.4 Å². The van der Waals surface area contributed by atoms with Crippen molar-refractivity contribution in [3.8, 4) is 0 Å². The van der Waals surface area contributed by atoms with Crippen molar-refractivity contribution in [2.24, 2.45) is 0 Å². The van der Waals surface area contributed by atoms with Crippen LogP contribution in [0, 0.1) is 0 Å². The summed E-state index contributed by atoms with van der Waals surface area (Å²) >= 11 is 0. The van der Waals surface area contributed by atoms with Gasteiger partial charge in [0.25, 0.3) is 7.37 Å². The summed E-state index contributed by atoms with van der Waals surface area (Å²) in [7, 11) is -3.65. The Balaban J connectivity index is 2.03. The molecule has 3 aromatic rings. The molecule has 4 heteroatoms. The maximum Gasteiger partial charge on any atom is 0.255 e. The molecule has 0 heterocycles. The SMILES string of the molecule is O=P(O)(c1ccccc1)C(Nc1ccccc1)c1ccccc1. The van der Waals surface area contributed by atoms with Crippen molar-refractivity contribution < 1.29 is 9.46 Å². The zero-order valence-electron chi connectivity index (χ0n) is 12.5. The lowest BCUT2D eigenvalue weighted by Crippen LogP contribution is -2.18. The number of rotatable bonds is 5. The van der Waals surface area contributed by atoms with Crippen LogP contribution >= 0.6 is 7.37 Å². The quantitative estimate of drug-likeness (QED) is 0.685. The zero-order chi connectivity index (χ0) is 16.1. The molecular formula is C19H18NO2P. The van der Waals surface area contributed by atoms with E-state index in [4.69, 9.17) is 0 Å². The second-order valence-corrected chi connectivity index (χ2v) is 7.56. The highest BCUT2D eigenvalue weighted by molar-refractivity contribution is 7.66. The first-order chi connectivity index (χ1) is 11.2. The Bertz CT molecular complexity index is 791. The van der Waals surface area contributed by atoms with E-state index in [1.165, 1.54) is 0 Å². The molecule has 0 aliphatic heterocycles. The number of anilines is 1. The Morgan fingerprint density at radius 2 is 1.22 bits per heavy atom. The second-order valence-electron chi connectivity index (χ2n) is 5.28. The third kappa shape index (κ3) is 3.53. The molecule has 3 nitrogen and oxygen atoms in total. The van der Waals surface area contributed by atoms with Gasteiger partial charge in [0.15, 0.2) is 0 Å². The van der Waals surface area contributed by atoms with Crippen LogP contribution in [0.5, 0.6) is 0 Å². The fourth-order valence-corrected chi connectivity index (χ4v) is 4.29. The average molecular weight is 323 g/mol. The fraction of sp³-hybridized carbons (Fsp3) is 0.0526. The van der Waals surface area contributed by atoms with Crippen LogP contribution < -0.4 is 10.6 Å². The lowest BCUT2D eigenvalue weighted by Gasteiger charge is -2.26. The summed E-state index contributed by atoms with van der Waals surface area (Å²) in [4.78, 5) is 10.9. The summed E-state index contributed by atoms with van der Waals surface area (Å²) in [6.07, 6.45) is 0. The molecule has 2 N–H and O–H groups in total. The molecule has 0 fully saturated rings. The van der Waals surface area contributed by atoms with Gasteiger partial charge in [-0.1, -0.05) is 66.7 Å².